The maximum Gasteiger partial charge on any atom is 0.0802 e. The van der Waals surface area contributed by atoms with E-state index in [-0.39, 0.29) is 5.41 Å². The summed E-state index contributed by atoms with van der Waals surface area (Å²) in [6, 6.07) is 6.56. The standard InChI is InChI=1S/C17H28O2/c1-6-15(18)16(19)10-8-13-11-14(17(3,4)5)9-7-12(13)2/h7,9,11,15-16,18-19H,6,8,10H2,1-5H3. The van der Waals surface area contributed by atoms with Crippen molar-refractivity contribution in [1.82, 2.24) is 0 Å². The van der Waals surface area contributed by atoms with Gasteiger partial charge < -0.3 is 10.2 Å². The molecule has 0 aliphatic carbocycles. The number of aliphatic hydroxyl groups excluding tert-OH is 2. The van der Waals surface area contributed by atoms with Crippen molar-refractivity contribution in [2.45, 2.75) is 71.5 Å². The highest BCUT2D eigenvalue weighted by Gasteiger charge is 2.17. The maximum absolute atomic E-state index is 9.85. The van der Waals surface area contributed by atoms with E-state index in [1.165, 1.54) is 16.7 Å². The smallest absolute Gasteiger partial charge is 0.0802 e. The third kappa shape index (κ3) is 4.63. The van der Waals surface area contributed by atoms with E-state index in [0.29, 0.717) is 12.8 Å². The Labute approximate surface area is 117 Å². The van der Waals surface area contributed by atoms with Crippen LogP contribution in [0, 0.1) is 6.92 Å². The summed E-state index contributed by atoms with van der Waals surface area (Å²) < 4.78 is 0. The van der Waals surface area contributed by atoms with Crippen molar-refractivity contribution in [3.05, 3.63) is 34.9 Å². The molecule has 0 spiro atoms. The van der Waals surface area contributed by atoms with E-state index in [0.717, 1.165) is 6.42 Å². The van der Waals surface area contributed by atoms with Gasteiger partial charge in [-0.2, -0.15) is 0 Å². The number of hydrogen-bond acceptors (Lipinski definition) is 2. The molecular weight excluding hydrogens is 236 g/mol. The Kier molecular flexibility index (Phi) is 5.57. The molecule has 1 rings (SSSR count). The van der Waals surface area contributed by atoms with Crippen LogP contribution in [-0.4, -0.2) is 22.4 Å². The highest BCUT2D eigenvalue weighted by atomic mass is 16.3. The molecule has 0 saturated carbocycles. The van der Waals surface area contributed by atoms with Crippen LogP contribution in [0.15, 0.2) is 18.2 Å². The number of benzene rings is 1. The van der Waals surface area contributed by atoms with Crippen molar-refractivity contribution in [2.24, 2.45) is 0 Å². The van der Waals surface area contributed by atoms with Gasteiger partial charge in [0.2, 0.25) is 0 Å². The van der Waals surface area contributed by atoms with Crippen LogP contribution in [-0.2, 0) is 11.8 Å². The predicted octanol–water partition coefficient (Wildman–Crippen LogP) is 3.36. The first-order valence-corrected chi connectivity index (χ1v) is 7.21. The van der Waals surface area contributed by atoms with E-state index < -0.39 is 12.2 Å². The molecule has 19 heavy (non-hydrogen) atoms. The fourth-order valence-corrected chi connectivity index (χ4v) is 2.18. The van der Waals surface area contributed by atoms with Crippen LogP contribution in [0.4, 0.5) is 0 Å². The van der Waals surface area contributed by atoms with Crippen molar-refractivity contribution < 1.29 is 10.2 Å². The second kappa shape index (κ2) is 6.53. The summed E-state index contributed by atoms with van der Waals surface area (Å²) >= 11 is 0. The zero-order valence-corrected chi connectivity index (χ0v) is 12.9. The lowest BCUT2D eigenvalue weighted by molar-refractivity contribution is 0.0130. The fourth-order valence-electron chi connectivity index (χ4n) is 2.18. The van der Waals surface area contributed by atoms with Crippen LogP contribution >= 0.6 is 0 Å². The zero-order chi connectivity index (χ0) is 14.6. The Hall–Kier alpha value is -0.860. The molecule has 2 unspecified atom stereocenters. The molecule has 0 aliphatic heterocycles. The lowest BCUT2D eigenvalue weighted by atomic mass is 9.84. The maximum atomic E-state index is 9.85. The summed E-state index contributed by atoms with van der Waals surface area (Å²) in [6.07, 6.45) is 0.799. The Morgan fingerprint density at radius 2 is 1.74 bits per heavy atom. The molecule has 0 heterocycles. The van der Waals surface area contributed by atoms with E-state index >= 15 is 0 Å². The van der Waals surface area contributed by atoms with Gasteiger partial charge >= 0.3 is 0 Å². The molecule has 2 N–H and O–H groups in total. The fraction of sp³-hybridized carbons (Fsp3) is 0.647. The van der Waals surface area contributed by atoms with Crippen LogP contribution in [0.25, 0.3) is 0 Å². The Bertz CT molecular complexity index is 404. The van der Waals surface area contributed by atoms with Crippen molar-refractivity contribution in [3.8, 4) is 0 Å². The molecule has 0 fully saturated rings. The second-order valence-electron chi connectivity index (χ2n) is 6.47. The predicted molar refractivity (Wildman–Crippen MR) is 80.5 cm³/mol. The van der Waals surface area contributed by atoms with Crippen LogP contribution in [0.2, 0.25) is 0 Å². The quantitative estimate of drug-likeness (QED) is 0.856. The SMILES string of the molecule is CCC(O)C(O)CCc1cc(C(C)(C)C)ccc1C. The zero-order valence-electron chi connectivity index (χ0n) is 12.9. The summed E-state index contributed by atoms with van der Waals surface area (Å²) in [4.78, 5) is 0. The van der Waals surface area contributed by atoms with Gasteiger partial charge in [0.15, 0.2) is 0 Å². The van der Waals surface area contributed by atoms with Crippen molar-refractivity contribution in [3.63, 3.8) is 0 Å². The van der Waals surface area contributed by atoms with Gasteiger partial charge in [-0.15, -0.1) is 0 Å². The van der Waals surface area contributed by atoms with Crippen molar-refractivity contribution in [1.29, 1.82) is 0 Å². The Morgan fingerprint density at radius 3 is 2.26 bits per heavy atom. The molecule has 1 aromatic rings. The first-order chi connectivity index (χ1) is 8.75. The largest absolute Gasteiger partial charge is 0.390 e. The summed E-state index contributed by atoms with van der Waals surface area (Å²) in [5.74, 6) is 0. The van der Waals surface area contributed by atoms with Crippen LogP contribution in [0.3, 0.4) is 0 Å². The Morgan fingerprint density at radius 1 is 1.11 bits per heavy atom. The number of hydrogen-bond donors (Lipinski definition) is 2. The van der Waals surface area contributed by atoms with Gasteiger partial charge in [0.1, 0.15) is 0 Å². The van der Waals surface area contributed by atoms with Crippen molar-refractivity contribution >= 4 is 0 Å². The number of rotatable bonds is 5. The molecule has 2 atom stereocenters. The minimum Gasteiger partial charge on any atom is -0.390 e. The van der Waals surface area contributed by atoms with Gasteiger partial charge in [-0.1, -0.05) is 45.9 Å². The molecule has 1 aromatic carbocycles. The van der Waals surface area contributed by atoms with E-state index in [1.807, 2.05) is 6.92 Å². The van der Waals surface area contributed by atoms with Gasteiger partial charge in [-0.25, -0.2) is 0 Å². The van der Waals surface area contributed by atoms with E-state index in [9.17, 15) is 10.2 Å². The molecule has 0 saturated heterocycles. The minimum absolute atomic E-state index is 0.143. The summed E-state index contributed by atoms with van der Waals surface area (Å²) in [5, 5.41) is 19.5. The molecule has 0 bridgehead atoms. The highest BCUT2D eigenvalue weighted by Crippen LogP contribution is 2.25. The van der Waals surface area contributed by atoms with Crippen molar-refractivity contribution in [2.75, 3.05) is 0 Å². The third-order valence-electron chi connectivity index (χ3n) is 3.79. The van der Waals surface area contributed by atoms with Gasteiger partial charge in [0.05, 0.1) is 12.2 Å². The molecule has 2 heteroatoms. The van der Waals surface area contributed by atoms with Crippen LogP contribution < -0.4 is 0 Å². The normalized spacial score (nSPS) is 15.3. The molecule has 0 aromatic heterocycles. The average molecular weight is 264 g/mol. The topological polar surface area (TPSA) is 40.5 Å². The molecule has 0 aliphatic rings. The van der Waals surface area contributed by atoms with Gasteiger partial charge in [-0.05, 0) is 48.3 Å². The van der Waals surface area contributed by atoms with Gasteiger partial charge in [0, 0.05) is 0 Å². The monoisotopic (exact) mass is 264 g/mol. The summed E-state index contributed by atoms with van der Waals surface area (Å²) in [6.45, 7) is 10.6. The first kappa shape index (κ1) is 16.2. The lowest BCUT2D eigenvalue weighted by Gasteiger charge is -2.22. The summed E-state index contributed by atoms with van der Waals surface area (Å²) in [7, 11) is 0. The van der Waals surface area contributed by atoms with Gasteiger partial charge in [-0.3, -0.25) is 0 Å². The molecule has 2 nitrogen and oxygen atoms in total. The van der Waals surface area contributed by atoms with Gasteiger partial charge in [0.25, 0.3) is 0 Å². The third-order valence-corrected chi connectivity index (χ3v) is 3.79. The average Bonchev–Trinajstić information content (AvgIpc) is 2.35. The van der Waals surface area contributed by atoms with Crippen LogP contribution in [0.1, 0.15) is 57.2 Å². The molecule has 108 valence electrons. The minimum atomic E-state index is -0.623. The van der Waals surface area contributed by atoms with E-state index in [1.54, 1.807) is 0 Å². The summed E-state index contributed by atoms with van der Waals surface area (Å²) in [5.41, 5.74) is 3.99. The number of aliphatic hydroxyl groups is 2. The number of aryl methyl sites for hydroxylation is 2. The molecule has 0 amide bonds. The Balaban J connectivity index is 2.78. The molecular formula is C17H28O2. The lowest BCUT2D eigenvalue weighted by Crippen LogP contribution is -2.25. The molecule has 0 radical (unpaired) electrons. The van der Waals surface area contributed by atoms with E-state index in [2.05, 4.69) is 45.9 Å². The van der Waals surface area contributed by atoms with Crippen LogP contribution in [0.5, 0.6) is 0 Å². The highest BCUT2D eigenvalue weighted by molar-refractivity contribution is 5.34. The second-order valence-corrected chi connectivity index (χ2v) is 6.47. The van der Waals surface area contributed by atoms with E-state index in [4.69, 9.17) is 0 Å². The first-order valence-electron chi connectivity index (χ1n) is 7.21.